The van der Waals surface area contributed by atoms with E-state index in [0.717, 1.165) is 4.90 Å². The number of fused-ring (bicyclic) bond motifs is 2. The normalized spacial score (nSPS) is 28.9. The van der Waals surface area contributed by atoms with Gasteiger partial charge in [0.1, 0.15) is 18.2 Å². The van der Waals surface area contributed by atoms with Crippen LogP contribution in [0.2, 0.25) is 0 Å². The molecule has 10 nitrogen and oxygen atoms in total. The second kappa shape index (κ2) is 10.4. The zero-order valence-corrected chi connectivity index (χ0v) is 22.0. The van der Waals surface area contributed by atoms with Gasteiger partial charge in [0.2, 0.25) is 12.2 Å². The summed E-state index contributed by atoms with van der Waals surface area (Å²) < 4.78 is 27.0. The van der Waals surface area contributed by atoms with E-state index in [0.29, 0.717) is 5.56 Å². The van der Waals surface area contributed by atoms with Crippen molar-refractivity contribution in [3.63, 3.8) is 0 Å². The smallest absolute Gasteiger partial charge is 0.303 e. The molecule has 13 heteroatoms. The van der Waals surface area contributed by atoms with Crippen LogP contribution in [-0.2, 0) is 28.5 Å². The topological polar surface area (TPSA) is 124 Å². The molecule has 3 aliphatic heterocycles. The molecule has 0 aromatic heterocycles. The quantitative estimate of drug-likeness (QED) is 0.190. The van der Waals surface area contributed by atoms with Crippen LogP contribution in [0.1, 0.15) is 39.5 Å². The average Bonchev–Trinajstić information content (AvgIpc) is 3.13. The first kappa shape index (κ1) is 26.9. The minimum Gasteiger partial charge on any atom is -0.457 e. The first-order chi connectivity index (χ1) is 18.1. The van der Waals surface area contributed by atoms with Gasteiger partial charge in [-0.3, -0.25) is 24.7 Å². The molecule has 2 amide bonds. The Morgan fingerprint density at radius 2 is 1.58 bits per heavy atom. The maximum atomic E-state index is 13.5. The lowest BCUT2D eigenvalue weighted by molar-refractivity contribution is -0.341. The number of amides is 2. The molecule has 1 unspecified atom stereocenters. The molecule has 1 N–H and O–H groups in total. The van der Waals surface area contributed by atoms with Gasteiger partial charge in [0.25, 0.3) is 15.6 Å². The van der Waals surface area contributed by atoms with Crippen LogP contribution in [0.3, 0.4) is 0 Å². The molecule has 5 rings (SSSR count). The predicted molar refractivity (Wildman–Crippen MR) is 134 cm³/mol. The Kier molecular flexibility index (Phi) is 7.38. The summed E-state index contributed by atoms with van der Waals surface area (Å²) in [6.45, 7) is 1.15. The Labute approximate surface area is 232 Å². The molecule has 0 aliphatic carbocycles. The van der Waals surface area contributed by atoms with E-state index in [4.69, 9.17) is 63.9 Å². The third-order valence-electron chi connectivity index (χ3n) is 6.30. The molecule has 3 heterocycles. The minimum absolute atomic E-state index is 0.0300. The maximum Gasteiger partial charge on any atom is 0.303 e. The number of hydrogen-bond acceptors (Lipinski definition) is 9. The molecule has 200 valence electrons. The lowest BCUT2D eigenvalue weighted by Crippen LogP contribution is -2.68. The van der Waals surface area contributed by atoms with Crippen molar-refractivity contribution < 1.29 is 38.1 Å². The average molecular weight is 584 g/mol. The van der Waals surface area contributed by atoms with Gasteiger partial charge < -0.3 is 23.7 Å². The molecule has 2 aromatic rings. The van der Waals surface area contributed by atoms with Crippen LogP contribution >= 0.6 is 34.8 Å². The third-order valence-corrected chi connectivity index (χ3v) is 6.81. The number of halogens is 3. The highest BCUT2D eigenvalue weighted by molar-refractivity contribution is 6.76. The van der Waals surface area contributed by atoms with E-state index < -0.39 is 64.4 Å². The Morgan fingerprint density at radius 3 is 2.16 bits per heavy atom. The molecule has 38 heavy (non-hydrogen) atoms. The molecule has 0 radical (unpaired) electrons. The van der Waals surface area contributed by atoms with Crippen molar-refractivity contribution in [3.8, 4) is 0 Å². The number of alkyl halides is 3. The van der Waals surface area contributed by atoms with Crippen LogP contribution < -0.4 is 0 Å². The van der Waals surface area contributed by atoms with Gasteiger partial charge >= 0.3 is 5.97 Å². The number of ether oxygens (including phenoxy) is 5. The predicted octanol–water partition coefficient (Wildman–Crippen LogP) is 3.79. The van der Waals surface area contributed by atoms with Gasteiger partial charge in [-0.25, -0.2) is 0 Å². The van der Waals surface area contributed by atoms with Crippen molar-refractivity contribution in [3.05, 3.63) is 71.3 Å². The lowest BCUT2D eigenvalue weighted by Gasteiger charge is -2.50. The summed E-state index contributed by atoms with van der Waals surface area (Å²) >= 11 is 17.5. The molecule has 3 aliphatic rings. The molecule has 0 bridgehead atoms. The van der Waals surface area contributed by atoms with E-state index >= 15 is 0 Å². The highest BCUT2D eigenvalue weighted by Crippen LogP contribution is 2.40. The summed E-state index contributed by atoms with van der Waals surface area (Å²) in [5.74, 6) is -2.88. The molecule has 6 atom stereocenters. The van der Waals surface area contributed by atoms with Crippen LogP contribution in [0.5, 0.6) is 0 Å². The number of nitrogens with one attached hydrogen (secondary N) is 1. The minimum atomic E-state index is -2.28. The fraction of sp³-hybridized carbons (Fsp3) is 0.360. The van der Waals surface area contributed by atoms with Gasteiger partial charge in [0.15, 0.2) is 12.4 Å². The zero-order chi connectivity index (χ0) is 27.2. The number of carbonyl (C=O) groups is 3. The van der Waals surface area contributed by atoms with Gasteiger partial charge in [0, 0.05) is 12.5 Å². The number of imide groups is 1. The van der Waals surface area contributed by atoms with Crippen molar-refractivity contribution >= 4 is 58.5 Å². The third kappa shape index (κ3) is 5.00. The Hall–Kier alpha value is -2.73. The summed E-state index contributed by atoms with van der Waals surface area (Å²) in [6, 6.07) is 13.9. The zero-order valence-electron chi connectivity index (χ0n) is 19.7. The van der Waals surface area contributed by atoms with Gasteiger partial charge in [-0.2, -0.15) is 0 Å². The summed E-state index contributed by atoms with van der Waals surface area (Å²) in [5.41, 5.74) is 0.985. The summed E-state index contributed by atoms with van der Waals surface area (Å²) in [5, 5.41) is 8.09. The Bertz CT molecular complexity index is 1240. The van der Waals surface area contributed by atoms with E-state index in [1.54, 1.807) is 24.3 Å². The number of rotatable bonds is 4. The summed E-state index contributed by atoms with van der Waals surface area (Å²) in [6.07, 6.45) is -5.57. The second-order valence-corrected chi connectivity index (χ2v) is 11.0. The van der Waals surface area contributed by atoms with Crippen molar-refractivity contribution in [2.75, 3.05) is 6.61 Å². The van der Waals surface area contributed by atoms with Gasteiger partial charge in [0.05, 0.1) is 17.7 Å². The van der Waals surface area contributed by atoms with Crippen LogP contribution in [0.25, 0.3) is 0 Å². The standard InChI is InChI=1S/C25H21Cl3N2O8/c1-12(31)35-19-17(30-20(32)14-9-5-6-10-15(14)21(30)33)23(38-24(29)25(26,27)28)36-16-11-34-22(37-18(16)19)13-7-3-2-4-8-13/h2-10,16-19,22-23,29H,11H2,1H3/t16-,17-,18-,19-,22?,23+/m1/s1. The number of benzene rings is 2. The summed E-state index contributed by atoms with van der Waals surface area (Å²) in [4.78, 5) is 40.1. The van der Waals surface area contributed by atoms with Crippen LogP contribution in [-0.4, -0.2) is 69.6 Å². The van der Waals surface area contributed by atoms with Crippen molar-refractivity contribution in [1.82, 2.24) is 4.90 Å². The number of hydrogen-bond donors (Lipinski definition) is 1. The second-order valence-electron chi connectivity index (χ2n) is 8.75. The SMILES string of the molecule is CC(=O)O[C@H]1[C@@H]2OC(c3ccccc3)OC[C@H]2O[C@@H](OC(=N)C(Cl)(Cl)Cl)[C@@H]1N1C(=O)c2ccccc2C1=O. The fourth-order valence-electron chi connectivity index (χ4n) is 4.70. The number of carbonyl (C=O) groups excluding carboxylic acids is 3. The Balaban J connectivity index is 1.56. The maximum absolute atomic E-state index is 13.5. The van der Waals surface area contributed by atoms with Crippen LogP contribution in [0.15, 0.2) is 54.6 Å². The van der Waals surface area contributed by atoms with Crippen molar-refractivity contribution in [2.45, 2.75) is 47.7 Å². The number of esters is 1. The molecule has 2 fully saturated rings. The highest BCUT2D eigenvalue weighted by atomic mass is 35.6. The van der Waals surface area contributed by atoms with E-state index in [-0.39, 0.29) is 17.7 Å². The first-order valence-corrected chi connectivity index (χ1v) is 12.6. The van der Waals surface area contributed by atoms with E-state index in [1.165, 1.54) is 19.1 Å². The highest BCUT2D eigenvalue weighted by Gasteiger charge is 2.59. The monoisotopic (exact) mass is 582 g/mol. The van der Waals surface area contributed by atoms with E-state index in [9.17, 15) is 14.4 Å². The van der Waals surface area contributed by atoms with Crippen LogP contribution in [0.4, 0.5) is 0 Å². The summed E-state index contributed by atoms with van der Waals surface area (Å²) in [7, 11) is 0. The van der Waals surface area contributed by atoms with Gasteiger partial charge in [-0.05, 0) is 12.1 Å². The molecular formula is C25H21Cl3N2O8. The van der Waals surface area contributed by atoms with Gasteiger partial charge in [-0.15, -0.1) is 0 Å². The largest absolute Gasteiger partial charge is 0.457 e. The van der Waals surface area contributed by atoms with E-state index in [1.807, 2.05) is 18.2 Å². The first-order valence-electron chi connectivity index (χ1n) is 11.5. The molecule has 0 saturated carbocycles. The van der Waals surface area contributed by atoms with Crippen molar-refractivity contribution in [2.24, 2.45) is 0 Å². The molecule has 0 spiro atoms. The van der Waals surface area contributed by atoms with Crippen molar-refractivity contribution in [1.29, 1.82) is 5.41 Å². The molecule has 2 saturated heterocycles. The Morgan fingerprint density at radius 1 is 0.974 bits per heavy atom. The molecule has 2 aromatic carbocycles. The fourth-order valence-corrected chi connectivity index (χ4v) is 4.83. The van der Waals surface area contributed by atoms with E-state index in [2.05, 4.69) is 0 Å². The van der Waals surface area contributed by atoms with Crippen LogP contribution in [0, 0.1) is 5.41 Å². The lowest BCUT2D eigenvalue weighted by atomic mass is 9.94. The molecular weight excluding hydrogens is 563 g/mol. The number of nitrogens with zero attached hydrogens (tertiary/aromatic N) is 1. The van der Waals surface area contributed by atoms with Gasteiger partial charge in [-0.1, -0.05) is 77.3 Å².